The number of benzene rings is 2. The molecule has 0 aliphatic carbocycles. The largest absolute Gasteiger partial charge is 0.496 e. The van der Waals surface area contributed by atoms with Crippen LogP contribution in [0.15, 0.2) is 40.9 Å². The monoisotopic (exact) mass is 404 g/mol. The molecule has 6 heteroatoms. The minimum absolute atomic E-state index is 0.193. The summed E-state index contributed by atoms with van der Waals surface area (Å²) in [6.45, 7) is 4.93. The van der Waals surface area contributed by atoms with Gasteiger partial charge in [-0.05, 0) is 36.8 Å². The second-order valence-electron chi connectivity index (χ2n) is 5.87. The van der Waals surface area contributed by atoms with Crippen molar-refractivity contribution in [3.63, 3.8) is 0 Å². The summed E-state index contributed by atoms with van der Waals surface area (Å²) in [6.07, 6.45) is 0. The zero-order chi connectivity index (χ0) is 17.8. The van der Waals surface area contributed by atoms with Crippen molar-refractivity contribution in [1.82, 2.24) is 0 Å². The highest BCUT2D eigenvalue weighted by atomic mass is 79.9. The first-order valence-electron chi connectivity index (χ1n) is 8.17. The molecule has 25 heavy (non-hydrogen) atoms. The zero-order valence-electron chi connectivity index (χ0n) is 14.3. The van der Waals surface area contributed by atoms with Crippen molar-refractivity contribution in [2.24, 2.45) is 0 Å². The number of nitrogens with zero attached hydrogens (tertiary/aromatic N) is 1. The molecule has 1 aliphatic heterocycles. The van der Waals surface area contributed by atoms with Gasteiger partial charge in [0.25, 0.3) is 5.91 Å². The Hall–Kier alpha value is -2.05. The van der Waals surface area contributed by atoms with Gasteiger partial charge in [0, 0.05) is 17.6 Å². The van der Waals surface area contributed by atoms with Crippen LogP contribution < -0.4 is 15.0 Å². The van der Waals surface area contributed by atoms with Gasteiger partial charge in [-0.2, -0.15) is 0 Å². The number of methoxy groups -OCH3 is 1. The Kier molecular flexibility index (Phi) is 5.60. The molecule has 0 aromatic heterocycles. The summed E-state index contributed by atoms with van der Waals surface area (Å²) >= 11 is 3.45. The summed E-state index contributed by atoms with van der Waals surface area (Å²) in [5.74, 6) is 0.395. The fourth-order valence-corrected chi connectivity index (χ4v) is 3.59. The summed E-state index contributed by atoms with van der Waals surface area (Å²) in [4.78, 5) is 15.1. The van der Waals surface area contributed by atoms with Crippen molar-refractivity contribution in [2.75, 3.05) is 43.6 Å². The molecule has 3 rings (SSSR count). The minimum atomic E-state index is -0.193. The maximum absolute atomic E-state index is 12.9. The number of para-hydroxylation sites is 2. The fourth-order valence-electron chi connectivity index (χ4n) is 3.02. The molecule has 1 aliphatic rings. The number of morpholine rings is 1. The van der Waals surface area contributed by atoms with Crippen molar-refractivity contribution in [3.8, 4) is 5.75 Å². The summed E-state index contributed by atoms with van der Waals surface area (Å²) in [7, 11) is 1.58. The molecule has 1 heterocycles. The van der Waals surface area contributed by atoms with Crippen LogP contribution in [0.1, 0.15) is 15.9 Å². The number of hydrogen-bond acceptors (Lipinski definition) is 4. The van der Waals surface area contributed by atoms with E-state index in [9.17, 15) is 4.79 Å². The number of amides is 1. The molecule has 2 aromatic carbocycles. The molecule has 0 spiro atoms. The quantitative estimate of drug-likeness (QED) is 0.840. The molecule has 0 radical (unpaired) electrons. The highest BCUT2D eigenvalue weighted by Crippen LogP contribution is 2.31. The van der Waals surface area contributed by atoms with Gasteiger partial charge in [0.2, 0.25) is 0 Å². The van der Waals surface area contributed by atoms with Crippen LogP contribution in [0.4, 0.5) is 11.4 Å². The van der Waals surface area contributed by atoms with Crippen LogP contribution in [0.5, 0.6) is 5.75 Å². The zero-order valence-corrected chi connectivity index (χ0v) is 15.9. The summed E-state index contributed by atoms with van der Waals surface area (Å²) in [5.41, 5.74) is 3.20. The van der Waals surface area contributed by atoms with Gasteiger partial charge in [0.1, 0.15) is 5.75 Å². The Labute approximate surface area is 156 Å². The molecule has 0 saturated carbocycles. The van der Waals surface area contributed by atoms with Crippen molar-refractivity contribution in [1.29, 1.82) is 0 Å². The molecule has 132 valence electrons. The third-order valence-corrected chi connectivity index (χ3v) is 4.65. The van der Waals surface area contributed by atoms with Crippen LogP contribution in [0.25, 0.3) is 0 Å². The highest BCUT2D eigenvalue weighted by Gasteiger charge is 2.19. The molecule has 2 aromatic rings. The lowest BCUT2D eigenvalue weighted by Crippen LogP contribution is -2.36. The standard InChI is InChI=1S/C19H21BrN2O3/c1-13-11-14(20)12-15(18(13)24-2)19(23)21-16-5-3-4-6-17(16)22-7-9-25-10-8-22/h3-6,11-12H,7-10H2,1-2H3,(H,21,23). The van der Waals surface area contributed by atoms with Crippen molar-refractivity contribution in [3.05, 3.63) is 52.0 Å². The number of carbonyl (C=O) groups excluding carboxylic acids is 1. The van der Waals surface area contributed by atoms with E-state index in [2.05, 4.69) is 26.1 Å². The van der Waals surface area contributed by atoms with Crippen LogP contribution in [-0.2, 0) is 4.74 Å². The van der Waals surface area contributed by atoms with Gasteiger partial charge in [0.15, 0.2) is 0 Å². The van der Waals surface area contributed by atoms with E-state index in [0.29, 0.717) is 24.5 Å². The Morgan fingerprint density at radius 1 is 1.24 bits per heavy atom. The SMILES string of the molecule is COc1c(C)cc(Br)cc1C(=O)Nc1ccccc1N1CCOCC1. The topological polar surface area (TPSA) is 50.8 Å². The van der Waals surface area contributed by atoms with Crippen LogP contribution in [0.2, 0.25) is 0 Å². The summed E-state index contributed by atoms with van der Waals surface area (Å²) < 4.78 is 11.7. The Balaban J connectivity index is 1.89. The molecule has 0 atom stereocenters. The van der Waals surface area contributed by atoms with Crippen molar-refractivity contribution < 1.29 is 14.3 Å². The smallest absolute Gasteiger partial charge is 0.259 e. The number of anilines is 2. The second-order valence-corrected chi connectivity index (χ2v) is 6.79. The first-order chi connectivity index (χ1) is 12.1. The van der Waals surface area contributed by atoms with Gasteiger partial charge in [-0.15, -0.1) is 0 Å². The van der Waals surface area contributed by atoms with Crippen LogP contribution in [0, 0.1) is 6.92 Å². The number of carbonyl (C=O) groups is 1. The van der Waals surface area contributed by atoms with Crippen LogP contribution in [0.3, 0.4) is 0 Å². The lowest BCUT2D eigenvalue weighted by Gasteiger charge is -2.30. The van der Waals surface area contributed by atoms with E-state index in [1.165, 1.54) is 0 Å². The lowest BCUT2D eigenvalue weighted by molar-refractivity contribution is 0.102. The molecular formula is C19H21BrN2O3. The third-order valence-electron chi connectivity index (χ3n) is 4.19. The maximum atomic E-state index is 12.9. The van der Waals surface area contributed by atoms with Crippen LogP contribution in [-0.4, -0.2) is 39.3 Å². The van der Waals surface area contributed by atoms with Gasteiger partial charge in [-0.3, -0.25) is 4.79 Å². The Morgan fingerprint density at radius 3 is 2.68 bits per heavy atom. The Morgan fingerprint density at radius 2 is 1.96 bits per heavy atom. The molecule has 1 saturated heterocycles. The van der Waals surface area contributed by atoms with Gasteiger partial charge in [0.05, 0.1) is 37.3 Å². The lowest BCUT2D eigenvalue weighted by atomic mass is 10.1. The van der Waals surface area contributed by atoms with Crippen molar-refractivity contribution >= 4 is 33.2 Å². The minimum Gasteiger partial charge on any atom is -0.496 e. The van der Waals surface area contributed by atoms with E-state index in [0.717, 1.165) is 34.5 Å². The second kappa shape index (κ2) is 7.89. The molecule has 0 unspecified atom stereocenters. The number of rotatable bonds is 4. The van der Waals surface area contributed by atoms with E-state index in [-0.39, 0.29) is 5.91 Å². The van der Waals surface area contributed by atoms with E-state index in [4.69, 9.17) is 9.47 Å². The number of aryl methyl sites for hydroxylation is 1. The highest BCUT2D eigenvalue weighted by molar-refractivity contribution is 9.10. The van der Waals surface area contributed by atoms with Gasteiger partial charge in [-0.25, -0.2) is 0 Å². The first-order valence-corrected chi connectivity index (χ1v) is 8.96. The number of nitrogens with one attached hydrogen (secondary N) is 1. The van der Waals surface area contributed by atoms with E-state index in [1.54, 1.807) is 13.2 Å². The molecule has 0 bridgehead atoms. The molecular weight excluding hydrogens is 384 g/mol. The number of ether oxygens (including phenoxy) is 2. The third kappa shape index (κ3) is 3.96. The average Bonchev–Trinajstić information content (AvgIpc) is 2.62. The number of hydrogen-bond donors (Lipinski definition) is 1. The van der Waals surface area contributed by atoms with E-state index < -0.39 is 0 Å². The predicted octanol–water partition coefficient (Wildman–Crippen LogP) is 3.86. The summed E-state index contributed by atoms with van der Waals surface area (Å²) in [6, 6.07) is 11.5. The molecule has 1 amide bonds. The van der Waals surface area contributed by atoms with Crippen LogP contribution >= 0.6 is 15.9 Å². The molecule has 1 N–H and O–H groups in total. The van der Waals surface area contributed by atoms with E-state index >= 15 is 0 Å². The maximum Gasteiger partial charge on any atom is 0.259 e. The fraction of sp³-hybridized carbons (Fsp3) is 0.316. The van der Waals surface area contributed by atoms with Gasteiger partial charge >= 0.3 is 0 Å². The summed E-state index contributed by atoms with van der Waals surface area (Å²) in [5, 5.41) is 3.03. The van der Waals surface area contributed by atoms with Crippen molar-refractivity contribution in [2.45, 2.75) is 6.92 Å². The average molecular weight is 405 g/mol. The van der Waals surface area contributed by atoms with E-state index in [1.807, 2.05) is 37.3 Å². The Bertz CT molecular complexity index is 773. The number of halogens is 1. The molecule has 1 fully saturated rings. The predicted molar refractivity (Wildman–Crippen MR) is 103 cm³/mol. The first kappa shape index (κ1) is 17.8. The molecule has 5 nitrogen and oxygen atoms in total. The normalized spacial score (nSPS) is 14.3. The van der Waals surface area contributed by atoms with Gasteiger partial charge < -0.3 is 19.7 Å². The van der Waals surface area contributed by atoms with Gasteiger partial charge in [-0.1, -0.05) is 28.1 Å².